The maximum absolute atomic E-state index is 10.7. The topological polar surface area (TPSA) is 73.6 Å². The molecule has 0 heterocycles. The SMILES string of the molecule is COCCC(C)Nc1ccccc1OCCC(N)=O. The molecular weight excluding hydrogens is 244 g/mol. The number of ether oxygens (including phenoxy) is 2. The maximum atomic E-state index is 10.7. The minimum atomic E-state index is -0.362. The molecule has 0 aliphatic carbocycles. The lowest BCUT2D eigenvalue weighted by Crippen LogP contribution is -2.18. The van der Waals surface area contributed by atoms with Crippen molar-refractivity contribution in [2.24, 2.45) is 5.73 Å². The first-order chi connectivity index (χ1) is 9.13. The summed E-state index contributed by atoms with van der Waals surface area (Å²) in [6.07, 6.45) is 1.12. The van der Waals surface area contributed by atoms with Crippen LogP contribution in [-0.2, 0) is 9.53 Å². The van der Waals surface area contributed by atoms with E-state index < -0.39 is 0 Å². The summed E-state index contributed by atoms with van der Waals surface area (Å²) in [5.74, 6) is 0.368. The molecule has 1 aromatic rings. The molecule has 1 rings (SSSR count). The van der Waals surface area contributed by atoms with Crippen LogP contribution < -0.4 is 15.8 Å². The van der Waals surface area contributed by atoms with E-state index in [1.807, 2.05) is 24.3 Å². The minimum Gasteiger partial charge on any atom is -0.491 e. The first-order valence-electron chi connectivity index (χ1n) is 6.39. The predicted molar refractivity (Wildman–Crippen MR) is 75.3 cm³/mol. The lowest BCUT2D eigenvalue weighted by atomic mass is 10.2. The summed E-state index contributed by atoms with van der Waals surface area (Å²) < 4.78 is 10.6. The smallest absolute Gasteiger partial charge is 0.220 e. The van der Waals surface area contributed by atoms with Crippen LogP contribution in [0.2, 0.25) is 0 Å². The van der Waals surface area contributed by atoms with Gasteiger partial charge in [0.15, 0.2) is 0 Å². The zero-order valence-electron chi connectivity index (χ0n) is 11.5. The molecule has 0 saturated carbocycles. The average molecular weight is 266 g/mol. The normalized spacial score (nSPS) is 11.9. The fourth-order valence-corrected chi connectivity index (χ4v) is 1.61. The van der Waals surface area contributed by atoms with Crippen molar-refractivity contribution in [2.45, 2.75) is 25.8 Å². The van der Waals surface area contributed by atoms with Crippen molar-refractivity contribution in [2.75, 3.05) is 25.6 Å². The summed E-state index contributed by atoms with van der Waals surface area (Å²) in [5.41, 5.74) is 5.99. The first-order valence-corrected chi connectivity index (χ1v) is 6.39. The molecule has 1 atom stereocenters. The molecule has 1 unspecified atom stereocenters. The largest absolute Gasteiger partial charge is 0.491 e. The van der Waals surface area contributed by atoms with Crippen molar-refractivity contribution in [3.8, 4) is 5.75 Å². The third-order valence-electron chi connectivity index (χ3n) is 2.65. The predicted octanol–water partition coefficient (Wildman–Crippen LogP) is 1.78. The molecule has 0 bridgehead atoms. The Morgan fingerprint density at radius 3 is 2.79 bits per heavy atom. The molecule has 0 aliphatic heterocycles. The molecular formula is C14H22N2O3. The number of nitrogens with two attached hydrogens (primary N) is 1. The number of para-hydroxylation sites is 2. The van der Waals surface area contributed by atoms with Crippen molar-refractivity contribution < 1.29 is 14.3 Å². The van der Waals surface area contributed by atoms with E-state index in [1.165, 1.54) is 0 Å². The van der Waals surface area contributed by atoms with E-state index in [-0.39, 0.29) is 18.4 Å². The monoisotopic (exact) mass is 266 g/mol. The van der Waals surface area contributed by atoms with Gasteiger partial charge >= 0.3 is 0 Å². The number of carbonyl (C=O) groups is 1. The van der Waals surface area contributed by atoms with Crippen LogP contribution in [0.5, 0.6) is 5.75 Å². The quantitative estimate of drug-likeness (QED) is 0.714. The second-order valence-electron chi connectivity index (χ2n) is 4.39. The molecule has 1 amide bonds. The average Bonchev–Trinajstić information content (AvgIpc) is 2.38. The van der Waals surface area contributed by atoms with Gasteiger partial charge < -0.3 is 20.5 Å². The van der Waals surface area contributed by atoms with Crippen LogP contribution in [0.3, 0.4) is 0 Å². The van der Waals surface area contributed by atoms with E-state index in [2.05, 4.69) is 12.2 Å². The van der Waals surface area contributed by atoms with Gasteiger partial charge in [-0.05, 0) is 25.5 Å². The fraction of sp³-hybridized carbons (Fsp3) is 0.500. The Balaban J connectivity index is 2.54. The Morgan fingerprint density at radius 2 is 2.11 bits per heavy atom. The Hall–Kier alpha value is -1.75. The number of benzene rings is 1. The Morgan fingerprint density at radius 1 is 1.37 bits per heavy atom. The van der Waals surface area contributed by atoms with E-state index in [9.17, 15) is 4.79 Å². The van der Waals surface area contributed by atoms with E-state index in [0.717, 1.165) is 17.9 Å². The van der Waals surface area contributed by atoms with Gasteiger partial charge in [-0.2, -0.15) is 0 Å². The molecule has 5 heteroatoms. The second-order valence-corrected chi connectivity index (χ2v) is 4.39. The number of hydrogen-bond donors (Lipinski definition) is 2. The van der Waals surface area contributed by atoms with Gasteiger partial charge in [0, 0.05) is 19.8 Å². The lowest BCUT2D eigenvalue weighted by molar-refractivity contribution is -0.118. The molecule has 0 radical (unpaired) electrons. The standard InChI is InChI=1S/C14H22N2O3/c1-11(7-9-18-2)16-12-5-3-4-6-13(12)19-10-8-14(15)17/h3-6,11,16H,7-10H2,1-2H3,(H2,15,17). The lowest BCUT2D eigenvalue weighted by Gasteiger charge is -2.18. The summed E-state index contributed by atoms with van der Waals surface area (Å²) in [5, 5.41) is 3.36. The maximum Gasteiger partial charge on any atom is 0.220 e. The number of nitrogens with one attached hydrogen (secondary N) is 1. The molecule has 0 fully saturated rings. The molecule has 106 valence electrons. The summed E-state index contributed by atoms with van der Waals surface area (Å²) >= 11 is 0. The molecule has 1 aromatic carbocycles. The molecule has 3 N–H and O–H groups in total. The summed E-state index contributed by atoms with van der Waals surface area (Å²) in [7, 11) is 1.69. The van der Waals surface area contributed by atoms with Gasteiger partial charge in [0.2, 0.25) is 5.91 Å². The highest BCUT2D eigenvalue weighted by atomic mass is 16.5. The van der Waals surface area contributed by atoms with E-state index in [4.69, 9.17) is 15.2 Å². The second kappa shape index (κ2) is 8.37. The number of amides is 1. The number of rotatable bonds is 9. The molecule has 0 saturated heterocycles. The van der Waals surface area contributed by atoms with Gasteiger partial charge in [-0.1, -0.05) is 12.1 Å². The van der Waals surface area contributed by atoms with Gasteiger partial charge in [0.05, 0.1) is 18.7 Å². The number of primary amides is 1. The number of carbonyl (C=O) groups excluding carboxylic acids is 1. The van der Waals surface area contributed by atoms with Crippen LogP contribution in [0.15, 0.2) is 24.3 Å². The first kappa shape index (κ1) is 15.3. The fourth-order valence-electron chi connectivity index (χ4n) is 1.61. The van der Waals surface area contributed by atoms with Gasteiger partial charge in [0.1, 0.15) is 5.75 Å². The van der Waals surface area contributed by atoms with Crippen LogP contribution in [0.1, 0.15) is 19.8 Å². The van der Waals surface area contributed by atoms with Crippen LogP contribution in [0, 0.1) is 0 Å². The highest BCUT2D eigenvalue weighted by Crippen LogP contribution is 2.24. The summed E-state index contributed by atoms with van der Waals surface area (Å²) in [4.78, 5) is 10.7. The van der Waals surface area contributed by atoms with Gasteiger partial charge in [-0.25, -0.2) is 0 Å². The van der Waals surface area contributed by atoms with Crippen molar-refractivity contribution >= 4 is 11.6 Å². The van der Waals surface area contributed by atoms with Gasteiger partial charge in [0.25, 0.3) is 0 Å². The zero-order chi connectivity index (χ0) is 14.1. The van der Waals surface area contributed by atoms with Gasteiger partial charge in [-0.15, -0.1) is 0 Å². The molecule has 0 aliphatic rings. The third kappa shape index (κ3) is 6.10. The van der Waals surface area contributed by atoms with Crippen molar-refractivity contribution in [1.82, 2.24) is 0 Å². The van der Waals surface area contributed by atoms with Crippen molar-refractivity contribution in [3.63, 3.8) is 0 Å². The Bertz CT molecular complexity index is 396. The van der Waals surface area contributed by atoms with E-state index in [1.54, 1.807) is 7.11 Å². The van der Waals surface area contributed by atoms with Crippen molar-refractivity contribution in [3.05, 3.63) is 24.3 Å². The van der Waals surface area contributed by atoms with Crippen LogP contribution >= 0.6 is 0 Å². The summed E-state index contributed by atoms with van der Waals surface area (Å²) in [6, 6.07) is 7.92. The van der Waals surface area contributed by atoms with Crippen LogP contribution in [0.25, 0.3) is 0 Å². The third-order valence-corrected chi connectivity index (χ3v) is 2.65. The van der Waals surface area contributed by atoms with Gasteiger partial charge in [-0.3, -0.25) is 4.79 Å². The number of methoxy groups -OCH3 is 1. The molecule has 0 spiro atoms. The highest BCUT2D eigenvalue weighted by molar-refractivity contribution is 5.73. The van der Waals surface area contributed by atoms with Crippen LogP contribution in [-0.4, -0.2) is 32.3 Å². The molecule has 5 nitrogen and oxygen atoms in total. The molecule has 19 heavy (non-hydrogen) atoms. The zero-order valence-corrected chi connectivity index (χ0v) is 11.5. The number of hydrogen-bond acceptors (Lipinski definition) is 4. The highest BCUT2D eigenvalue weighted by Gasteiger charge is 2.07. The van der Waals surface area contributed by atoms with E-state index in [0.29, 0.717) is 13.2 Å². The summed E-state index contributed by atoms with van der Waals surface area (Å²) in [6.45, 7) is 3.08. The Labute approximate surface area is 114 Å². The molecule has 0 aromatic heterocycles. The van der Waals surface area contributed by atoms with E-state index >= 15 is 0 Å². The van der Waals surface area contributed by atoms with Crippen LogP contribution in [0.4, 0.5) is 5.69 Å². The van der Waals surface area contributed by atoms with Crippen molar-refractivity contribution in [1.29, 1.82) is 0 Å². The number of anilines is 1. The minimum absolute atomic E-state index is 0.216. The Kier molecular flexibility index (Phi) is 6.74.